The Morgan fingerprint density at radius 2 is 1.88 bits per heavy atom. The van der Waals surface area contributed by atoms with Gasteiger partial charge in [0.05, 0.1) is 19.6 Å². The fourth-order valence-electron chi connectivity index (χ4n) is 3.81. The fraction of sp³-hybridized carbons (Fsp3) is 0.280. The number of rotatable bonds is 7. The zero-order valence-electron chi connectivity index (χ0n) is 18.1. The number of hydrogen-bond acceptors (Lipinski definition) is 4. The van der Waals surface area contributed by atoms with Crippen LogP contribution in [0.1, 0.15) is 16.8 Å². The number of ether oxygens (including phenoxy) is 1. The third-order valence-electron chi connectivity index (χ3n) is 5.54. The maximum atomic E-state index is 12.3. The van der Waals surface area contributed by atoms with Crippen LogP contribution >= 0.6 is 18.5 Å². The van der Waals surface area contributed by atoms with E-state index < -0.39 is 0 Å². The lowest BCUT2D eigenvalue weighted by atomic mass is 10.0. The summed E-state index contributed by atoms with van der Waals surface area (Å²) in [4.78, 5) is 19.3. The molecule has 0 spiro atoms. The van der Waals surface area contributed by atoms with Crippen LogP contribution in [0.15, 0.2) is 60.8 Å². The van der Waals surface area contributed by atoms with Crippen molar-refractivity contribution in [1.82, 2.24) is 15.2 Å². The van der Waals surface area contributed by atoms with Crippen molar-refractivity contribution < 1.29 is 9.53 Å². The van der Waals surface area contributed by atoms with Gasteiger partial charge in [0.1, 0.15) is 0 Å². The molecular weight excluding hydrogens is 436 g/mol. The predicted molar refractivity (Wildman–Crippen MR) is 136 cm³/mol. The summed E-state index contributed by atoms with van der Waals surface area (Å²) in [7, 11) is 5.51. The molecule has 1 saturated heterocycles. The largest absolute Gasteiger partial charge is 0.379 e. The quantitative estimate of drug-likeness (QED) is 0.545. The number of pyridine rings is 1. The lowest BCUT2D eigenvalue weighted by molar-refractivity contribution is -0.120. The number of nitrogens with zero attached hydrogens (tertiary/aromatic N) is 2. The van der Waals surface area contributed by atoms with E-state index in [0.29, 0.717) is 6.54 Å². The highest BCUT2D eigenvalue weighted by molar-refractivity contribution is 7.28. The highest BCUT2D eigenvalue weighted by Gasteiger charge is 2.12. The summed E-state index contributed by atoms with van der Waals surface area (Å²) in [6.45, 7) is 5.05. The Hall–Kier alpha value is -2.16. The maximum Gasteiger partial charge on any atom is 0.226 e. The number of benzene rings is 2. The van der Waals surface area contributed by atoms with Gasteiger partial charge in [0.15, 0.2) is 0 Å². The van der Waals surface area contributed by atoms with Crippen LogP contribution in [0.25, 0.3) is 11.1 Å². The SMILES string of the molecule is O=C(Cc1ccc(-c2ccc(CN3CCOCC3)cc2P)cn1)NCc1cccc(P)c1. The Morgan fingerprint density at radius 3 is 2.59 bits per heavy atom. The molecule has 2 heterocycles. The van der Waals surface area contributed by atoms with Crippen molar-refractivity contribution in [2.24, 2.45) is 0 Å². The molecule has 0 saturated carbocycles. The van der Waals surface area contributed by atoms with E-state index in [1.807, 2.05) is 42.6 Å². The number of carbonyl (C=O) groups excluding carboxylic acids is 1. The smallest absolute Gasteiger partial charge is 0.226 e. The zero-order chi connectivity index (χ0) is 22.3. The number of amides is 1. The van der Waals surface area contributed by atoms with E-state index in [1.54, 1.807) is 0 Å². The van der Waals surface area contributed by atoms with E-state index in [0.717, 1.165) is 65.8 Å². The summed E-state index contributed by atoms with van der Waals surface area (Å²) >= 11 is 0. The van der Waals surface area contributed by atoms with Crippen LogP contribution in [-0.2, 0) is 29.0 Å². The molecule has 7 heteroatoms. The fourth-order valence-corrected chi connectivity index (χ4v) is 4.61. The van der Waals surface area contributed by atoms with Gasteiger partial charge in [0.25, 0.3) is 0 Å². The Bertz CT molecular complexity index is 1070. The summed E-state index contributed by atoms with van der Waals surface area (Å²) < 4.78 is 5.43. The molecule has 2 aromatic carbocycles. The lowest BCUT2D eigenvalue weighted by Crippen LogP contribution is -2.35. The number of aromatic nitrogens is 1. The van der Waals surface area contributed by atoms with Crippen LogP contribution in [0.4, 0.5) is 0 Å². The first-order valence-corrected chi connectivity index (χ1v) is 12.0. The third-order valence-corrected chi connectivity index (χ3v) is 6.38. The minimum Gasteiger partial charge on any atom is -0.379 e. The van der Waals surface area contributed by atoms with Crippen LogP contribution in [0.5, 0.6) is 0 Å². The van der Waals surface area contributed by atoms with Crippen LogP contribution in [0.2, 0.25) is 0 Å². The van der Waals surface area contributed by atoms with E-state index in [4.69, 9.17) is 4.74 Å². The molecule has 5 nitrogen and oxygen atoms in total. The first-order chi connectivity index (χ1) is 15.6. The molecule has 2 unspecified atom stereocenters. The maximum absolute atomic E-state index is 12.3. The standard InChI is InChI=1S/C25H29N3O2P2/c29-25(27-15-18-2-1-3-22(31)12-18)14-21-6-5-20(16-26-21)23-7-4-19(13-24(23)32)17-28-8-10-30-11-9-28/h1-7,12-13,16H,8-11,14-15,17,31-32H2,(H,27,29). The molecule has 1 fully saturated rings. The van der Waals surface area contributed by atoms with Gasteiger partial charge in [-0.1, -0.05) is 42.5 Å². The van der Waals surface area contributed by atoms with Gasteiger partial charge in [0, 0.05) is 43.6 Å². The molecule has 1 N–H and O–H groups in total. The van der Waals surface area contributed by atoms with Gasteiger partial charge in [-0.2, -0.15) is 0 Å². The first kappa shape index (κ1) is 23.0. The van der Waals surface area contributed by atoms with Gasteiger partial charge in [-0.15, -0.1) is 18.5 Å². The van der Waals surface area contributed by atoms with Crippen molar-refractivity contribution in [3.8, 4) is 11.1 Å². The molecular formula is C25H29N3O2P2. The van der Waals surface area contributed by atoms with E-state index >= 15 is 0 Å². The van der Waals surface area contributed by atoms with Crippen molar-refractivity contribution in [1.29, 1.82) is 0 Å². The Balaban J connectivity index is 1.34. The normalized spacial score (nSPS) is 14.3. The topological polar surface area (TPSA) is 54.5 Å². The van der Waals surface area contributed by atoms with Crippen LogP contribution in [-0.4, -0.2) is 42.1 Å². The van der Waals surface area contributed by atoms with Crippen molar-refractivity contribution in [3.63, 3.8) is 0 Å². The van der Waals surface area contributed by atoms with Gasteiger partial charge in [-0.3, -0.25) is 14.7 Å². The molecule has 0 radical (unpaired) electrons. The average Bonchev–Trinajstić information content (AvgIpc) is 2.79. The lowest BCUT2D eigenvalue weighted by Gasteiger charge is -2.26. The van der Waals surface area contributed by atoms with E-state index in [2.05, 4.69) is 51.9 Å². The molecule has 1 aliphatic rings. The van der Waals surface area contributed by atoms with Crippen molar-refractivity contribution in [3.05, 3.63) is 77.6 Å². The van der Waals surface area contributed by atoms with Gasteiger partial charge in [-0.25, -0.2) is 0 Å². The molecule has 3 aromatic rings. The van der Waals surface area contributed by atoms with E-state index in [1.165, 1.54) is 5.56 Å². The van der Waals surface area contributed by atoms with E-state index in [9.17, 15) is 4.79 Å². The highest BCUT2D eigenvalue weighted by atomic mass is 31.0. The molecule has 32 heavy (non-hydrogen) atoms. The Kier molecular flexibility index (Phi) is 8.00. The van der Waals surface area contributed by atoms with Crippen molar-refractivity contribution in [2.45, 2.75) is 19.5 Å². The Labute approximate surface area is 194 Å². The second-order valence-corrected chi connectivity index (χ2v) is 9.34. The molecule has 1 aromatic heterocycles. The monoisotopic (exact) mass is 465 g/mol. The number of hydrogen-bond donors (Lipinski definition) is 1. The van der Waals surface area contributed by atoms with Gasteiger partial charge in [0.2, 0.25) is 5.91 Å². The predicted octanol–water partition coefficient (Wildman–Crippen LogP) is 2.44. The molecule has 1 amide bonds. The molecule has 2 atom stereocenters. The van der Waals surface area contributed by atoms with Crippen molar-refractivity contribution >= 4 is 35.0 Å². The molecule has 0 aliphatic carbocycles. The summed E-state index contributed by atoms with van der Waals surface area (Å²) in [6.07, 6.45) is 2.12. The molecule has 0 bridgehead atoms. The van der Waals surface area contributed by atoms with Gasteiger partial charge >= 0.3 is 0 Å². The minimum absolute atomic E-state index is 0.0291. The first-order valence-electron chi connectivity index (χ1n) is 10.8. The molecule has 4 rings (SSSR count). The minimum atomic E-state index is -0.0291. The van der Waals surface area contributed by atoms with Gasteiger partial charge < -0.3 is 10.1 Å². The van der Waals surface area contributed by atoms with E-state index in [-0.39, 0.29) is 12.3 Å². The Morgan fingerprint density at radius 1 is 1.03 bits per heavy atom. The number of nitrogens with one attached hydrogen (secondary N) is 1. The van der Waals surface area contributed by atoms with Crippen LogP contribution in [0, 0.1) is 0 Å². The average molecular weight is 465 g/mol. The molecule has 1 aliphatic heterocycles. The number of morpholine rings is 1. The van der Waals surface area contributed by atoms with Crippen molar-refractivity contribution in [2.75, 3.05) is 26.3 Å². The highest BCUT2D eigenvalue weighted by Crippen LogP contribution is 2.20. The summed E-state index contributed by atoms with van der Waals surface area (Å²) in [5, 5.41) is 5.23. The second kappa shape index (κ2) is 11.1. The zero-order valence-corrected chi connectivity index (χ0v) is 20.4. The second-order valence-electron chi connectivity index (χ2n) is 8.05. The summed E-state index contributed by atoms with van der Waals surface area (Å²) in [6, 6.07) is 18.6. The number of carbonyl (C=O) groups is 1. The van der Waals surface area contributed by atoms with Crippen LogP contribution < -0.4 is 15.9 Å². The van der Waals surface area contributed by atoms with Crippen LogP contribution in [0.3, 0.4) is 0 Å². The molecule has 166 valence electrons. The summed E-state index contributed by atoms with van der Waals surface area (Å²) in [5.74, 6) is -0.0291. The summed E-state index contributed by atoms with van der Waals surface area (Å²) in [5.41, 5.74) is 5.34. The van der Waals surface area contributed by atoms with Gasteiger partial charge in [-0.05, 0) is 39.4 Å². The third kappa shape index (κ3) is 6.43.